The zero-order valence-electron chi connectivity index (χ0n) is 12.6. The highest BCUT2D eigenvalue weighted by Gasteiger charge is 2.27. The predicted octanol–water partition coefficient (Wildman–Crippen LogP) is 1.66. The molecule has 6 nitrogen and oxygen atoms in total. The maximum Gasteiger partial charge on any atom is 0.222 e. The molecule has 2 fully saturated rings. The molecule has 3 heterocycles. The summed E-state index contributed by atoms with van der Waals surface area (Å²) < 4.78 is 7.80. The van der Waals surface area contributed by atoms with Gasteiger partial charge in [0.05, 0.1) is 12.1 Å². The molecule has 2 atom stereocenters. The first-order valence-corrected chi connectivity index (χ1v) is 7.87. The summed E-state index contributed by atoms with van der Waals surface area (Å²) in [5.74, 6) is 0.555. The standard InChI is InChI=1S/C15H24N4O2/c1-12(20)16-15-6-8-19(17-15)13-5-7-18(10-13)11-14-4-2-3-9-21-14/h6,8,13-14H,2-5,7,9-11H2,1H3,(H,16,17,20)/t13-,14-/m0/s1. The minimum absolute atomic E-state index is 0.0808. The van der Waals surface area contributed by atoms with Gasteiger partial charge in [-0.05, 0) is 25.7 Å². The molecular weight excluding hydrogens is 268 g/mol. The third kappa shape index (κ3) is 3.83. The van der Waals surface area contributed by atoms with Crippen LogP contribution in [-0.2, 0) is 9.53 Å². The molecule has 2 aliphatic rings. The van der Waals surface area contributed by atoms with Gasteiger partial charge in [-0.2, -0.15) is 5.10 Å². The Kier molecular flexibility index (Phi) is 4.55. The summed E-state index contributed by atoms with van der Waals surface area (Å²) in [6.07, 6.45) is 7.16. The Morgan fingerprint density at radius 1 is 1.48 bits per heavy atom. The Bertz CT molecular complexity index is 482. The molecule has 0 unspecified atom stereocenters. The number of likely N-dealkylation sites (tertiary alicyclic amines) is 1. The second-order valence-corrected chi connectivity index (χ2v) is 6.05. The Morgan fingerprint density at radius 2 is 2.38 bits per heavy atom. The lowest BCUT2D eigenvalue weighted by molar-refractivity contribution is -0.114. The van der Waals surface area contributed by atoms with Gasteiger partial charge in [-0.3, -0.25) is 14.4 Å². The second kappa shape index (κ2) is 6.58. The quantitative estimate of drug-likeness (QED) is 0.917. The van der Waals surface area contributed by atoms with E-state index in [0.717, 1.165) is 32.7 Å². The van der Waals surface area contributed by atoms with Crippen LogP contribution in [0.25, 0.3) is 0 Å². The van der Waals surface area contributed by atoms with Crippen molar-refractivity contribution >= 4 is 11.7 Å². The summed E-state index contributed by atoms with van der Waals surface area (Å²) in [4.78, 5) is 13.5. The van der Waals surface area contributed by atoms with Crippen molar-refractivity contribution in [1.82, 2.24) is 14.7 Å². The van der Waals surface area contributed by atoms with Crippen molar-refractivity contribution in [2.75, 3.05) is 31.6 Å². The van der Waals surface area contributed by atoms with Gasteiger partial charge in [0, 0.05) is 45.4 Å². The SMILES string of the molecule is CC(=O)Nc1ccn([C@H]2CCN(C[C@@H]3CCCCO3)C2)n1. The average molecular weight is 292 g/mol. The molecule has 1 amide bonds. The van der Waals surface area contributed by atoms with Gasteiger partial charge in [0.25, 0.3) is 0 Å². The second-order valence-electron chi connectivity index (χ2n) is 6.05. The van der Waals surface area contributed by atoms with E-state index in [-0.39, 0.29) is 5.91 Å². The summed E-state index contributed by atoms with van der Waals surface area (Å²) in [5, 5.41) is 7.16. The molecule has 6 heteroatoms. The molecule has 0 saturated carbocycles. The molecule has 116 valence electrons. The minimum Gasteiger partial charge on any atom is -0.377 e. The fraction of sp³-hybridized carbons (Fsp3) is 0.733. The topological polar surface area (TPSA) is 59.4 Å². The first-order chi connectivity index (χ1) is 10.2. The highest BCUT2D eigenvalue weighted by molar-refractivity contribution is 5.87. The Balaban J connectivity index is 1.51. The lowest BCUT2D eigenvalue weighted by Gasteiger charge is -2.27. The number of ether oxygens (including phenoxy) is 1. The number of anilines is 1. The molecule has 2 saturated heterocycles. The first kappa shape index (κ1) is 14.5. The fourth-order valence-corrected chi connectivity index (χ4v) is 3.22. The third-order valence-electron chi connectivity index (χ3n) is 4.27. The van der Waals surface area contributed by atoms with Gasteiger partial charge in [-0.25, -0.2) is 0 Å². The van der Waals surface area contributed by atoms with Crippen molar-refractivity contribution in [1.29, 1.82) is 0 Å². The van der Waals surface area contributed by atoms with E-state index >= 15 is 0 Å². The third-order valence-corrected chi connectivity index (χ3v) is 4.27. The molecule has 0 aliphatic carbocycles. The largest absolute Gasteiger partial charge is 0.377 e. The highest BCUT2D eigenvalue weighted by Crippen LogP contribution is 2.23. The van der Waals surface area contributed by atoms with E-state index in [1.807, 2.05) is 16.9 Å². The van der Waals surface area contributed by atoms with Crippen LogP contribution in [0.2, 0.25) is 0 Å². The van der Waals surface area contributed by atoms with E-state index in [4.69, 9.17) is 4.74 Å². The summed E-state index contributed by atoms with van der Waals surface area (Å²) >= 11 is 0. The molecule has 1 N–H and O–H groups in total. The maximum absolute atomic E-state index is 11.0. The number of nitrogens with one attached hydrogen (secondary N) is 1. The summed E-state index contributed by atoms with van der Waals surface area (Å²) in [6.45, 7) is 5.57. The van der Waals surface area contributed by atoms with E-state index in [1.54, 1.807) is 0 Å². The van der Waals surface area contributed by atoms with E-state index in [1.165, 1.54) is 26.2 Å². The van der Waals surface area contributed by atoms with E-state index < -0.39 is 0 Å². The predicted molar refractivity (Wildman–Crippen MR) is 80.2 cm³/mol. The van der Waals surface area contributed by atoms with Crippen molar-refractivity contribution in [2.24, 2.45) is 0 Å². The van der Waals surface area contributed by atoms with Gasteiger partial charge in [-0.15, -0.1) is 0 Å². The van der Waals surface area contributed by atoms with Gasteiger partial charge in [-0.1, -0.05) is 0 Å². The van der Waals surface area contributed by atoms with Crippen LogP contribution >= 0.6 is 0 Å². The number of nitrogens with zero attached hydrogens (tertiary/aromatic N) is 3. The number of amides is 1. The van der Waals surface area contributed by atoms with Gasteiger partial charge in [0.1, 0.15) is 0 Å². The van der Waals surface area contributed by atoms with Crippen LogP contribution in [0.15, 0.2) is 12.3 Å². The average Bonchev–Trinajstić information content (AvgIpc) is 3.08. The zero-order chi connectivity index (χ0) is 14.7. The van der Waals surface area contributed by atoms with Crippen molar-refractivity contribution in [3.8, 4) is 0 Å². The summed E-state index contributed by atoms with van der Waals surface area (Å²) in [7, 11) is 0. The minimum atomic E-state index is -0.0808. The molecule has 0 radical (unpaired) electrons. The molecule has 2 aliphatic heterocycles. The smallest absolute Gasteiger partial charge is 0.222 e. The Labute approximate surface area is 125 Å². The Morgan fingerprint density at radius 3 is 3.14 bits per heavy atom. The monoisotopic (exact) mass is 292 g/mol. The molecule has 1 aromatic rings. The van der Waals surface area contributed by atoms with E-state index in [9.17, 15) is 4.79 Å². The number of aromatic nitrogens is 2. The van der Waals surface area contributed by atoms with Crippen LogP contribution in [0.1, 0.15) is 38.6 Å². The summed E-state index contributed by atoms with van der Waals surface area (Å²) in [6, 6.07) is 2.25. The molecule has 0 aromatic carbocycles. The Hall–Kier alpha value is -1.40. The lowest BCUT2D eigenvalue weighted by Crippen LogP contribution is -2.34. The molecule has 0 spiro atoms. The fourth-order valence-electron chi connectivity index (χ4n) is 3.22. The van der Waals surface area contributed by atoms with E-state index in [0.29, 0.717) is 18.0 Å². The van der Waals surface area contributed by atoms with Gasteiger partial charge in [0.15, 0.2) is 5.82 Å². The van der Waals surface area contributed by atoms with Gasteiger partial charge in [0.2, 0.25) is 5.91 Å². The molecule has 3 rings (SSSR count). The molecule has 1 aromatic heterocycles. The van der Waals surface area contributed by atoms with Crippen LogP contribution in [0.4, 0.5) is 5.82 Å². The maximum atomic E-state index is 11.0. The summed E-state index contributed by atoms with van der Waals surface area (Å²) in [5.41, 5.74) is 0. The zero-order valence-corrected chi connectivity index (χ0v) is 12.6. The van der Waals surface area contributed by atoms with E-state index in [2.05, 4.69) is 15.3 Å². The van der Waals surface area contributed by atoms with Crippen molar-refractivity contribution in [3.05, 3.63) is 12.3 Å². The van der Waals surface area contributed by atoms with Crippen molar-refractivity contribution in [2.45, 2.75) is 44.8 Å². The van der Waals surface area contributed by atoms with Crippen LogP contribution < -0.4 is 5.32 Å². The number of hydrogen-bond acceptors (Lipinski definition) is 4. The lowest BCUT2D eigenvalue weighted by atomic mass is 10.1. The van der Waals surface area contributed by atoms with Crippen LogP contribution in [-0.4, -0.2) is 52.9 Å². The molecular formula is C15H24N4O2. The van der Waals surface area contributed by atoms with Crippen molar-refractivity contribution in [3.63, 3.8) is 0 Å². The molecule has 21 heavy (non-hydrogen) atoms. The number of carbonyl (C=O) groups excluding carboxylic acids is 1. The first-order valence-electron chi connectivity index (χ1n) is 7.87. The highest BCUT2D eigenvalue weighted by atomic mass is 16.5. The van der Waals surface area contributed by atoms with Crippen LogP contribution in [0.5, 0.6) is 0 Å². The van der Waals surface area contributed by atoms with Gasteiger partial charge < -0.3 is 10.1 Å². The van der Waals surface area contributed by atoms with Crippen LogP contribution in [0.3, 0.4) is 0 Å². The number of carbonyl (C=O) groups is 1. The molecule has 0 bridgehead atoms. The normalized spacial score (nSPS) is 26.9. The number of hydrogen-bond donors (Lipinski definition) is 1. The van der Waals surface area contributed by atoms with Crippen LogP contribution in [0, 0.1) is 0 Å². The van der Waals surface area contributed by atoms with Gasteiger partial charge >= 0.3 is 0 Å². The van der Waals surface area contributed by atoms with Crippen molar-refractivity contribution < 1.29 is 9.53 Å². The number of rotatable bonds is 4.